The number of aromatic nitrogens is 1. The van der Waals surface area contributed by atoms with E-state index in [9.17, 15) is 4.79 Å². The summed E-state index contributed by atoms with van der Waals surface area (Å²) in [5, 5.41) is 0.719. The topological polar surface area (TPSA) is 45.6 Å². The number of rotatable bonds is 3. The monoisotopic (exact) mass is 323 g/mol. The molecule has 116 valence electrons. The van der Waals surface area contributed by atoms with Gasteiger partial charge in [-0.15, -0.1) is 0 Å². The van der Waals surface area contributed by atoms with Gasteiger partial charge in [0.1, 0.15) is 0 Å². The number of pyridine rings is 1. The maximum atomic E-state index is 12.7. The van der Waals surface area contributed by atoms with Gasteiger partial charge in [-0.2, -0.15) is 0 Å². The summed E-state index contributed by atoms with van der Waals surface area (Å²) in [7, 11) is 0. The molecule has 0 unspecified atom stereocenters. The van der Waals surface area contributed by atoms with Crippen molar-refractivity contribution < 1.29 is 4.79 Å². The van der Waals surface area contributed by atoms with E-state index >= 15 is 0 Å². The molecule has 1 aromatic carbocycles. The third-order valence-electron chi connectivity index (χ3n) is 3.34. The lowest BCUT2D eigenvalue weighted by Crippen LogP contribution is -2.35. The molecule has 1 aliphatic heterocycles. The summed E-state index contributed by atoms with van der Waals surface area (Å²) in [5.41, 5.74) is 1.80. The van der Waals surface area contributed by atoms with Crippen molar-refractivity contribution in [2.45, 2.75) is 19.9 Å². The van der Waals surface area contributed by atoms with Gasteiger partial charge in [-0.25, -0.2) is 4.99 Å². The summed E-state index contributed by atoms with van der Waals surface area (Å²) in [6, 6.07) is 13.5. The zero-order valence-electron chi connectivity index (χ0n) is 13.0. The first-order valence-electron chi connectivity index (χ1n) is 7.42. The second kappa shape index (κ2) is 6.79. The van der Waals surface area contributed by atoms with Crippen molar-refractivity contribution in [2.75, 3.05) is 0 Å². The number of carbonyl (C=O) groups is 1. The number of thioether (sulfide) groups is 1. The Hall–Kier alpha value is -2.40. The summed E-state index contributed by atoms with van der Waals surface area (Å²) >= 11 is 1.41. The smallest absolute Gasteiger partial charge is 0.266 e. The van der Waals surface area contributed by atoms with Gasteiger partial charge in [0.25, 0.3) is 5.91 Å². The van der Waals surface area contributed by atoms with Crippen molar-refractivity contribution in [1.82, 2.24) is 9.88 Å². The Morgan fingerprint density at radius 1 is 1.13 bits per heavy atom. The SMILES string of the molecule is CC(C)N1C(=O)C(=Cc2ccncc2)SC1=Nc1ccccc1. The van der Waals surface area contributed by atoms with Gasteiger partial charge >= 0.3 is 0 Å². The first-order valence-corrected chi connectivity index (χ1v) is 8.23. The van der Waals surface area contributed by atoms with E-state index in [0.717, 1.165) is 16.4 Å². The number of amides is 1. The lowest BCUT2D eigenvalue weighted by atomic mass is 10.2. The molecular weight excluding hydrogens is 306 g/mol. The Labute approximate surface area is 140 Å². The van der Waals surface area contributed by atoms with Gasteiger partial charge in [0, 0.05) is 18.4 Å². The molecule has 0 bridgehead atoms. The van der Waals surface area contributed by atoms with Crippen LogP contribution in [0.1, 0.15) is 19.4 Å². The molecule has 0 radical (unpaired) electrons. The van der Waals surface area contributed by atoms with Crippen molar-refractivity contribution >= 4 is 34.6 Å². The maximum absolute atomic E-state index is 12.7. The van der Waals surface area contributed by atoms with E-state index in [2.05, 4.69) is 9.98 Å². The molecule has 1 saturated heterocycles. The van der Waals surface area contributed by atoms with Crippen molar-refractivity contribution in [1.29, 1.82) is 0 Å². The zero-order valence-corrected chi connectivity index (χ0v) is 13.8. The van der Waals surface area contributed by atoms with E-state index < -0.39 is 0 Å². The van der Waals surface area contributed by atoms with Crippen LogP contribution in [0.5, 0.6) is 0 Å². The highest BCUT2D eigenvalue weighted by Crippen LogP contribution is 2.35. The number of hydrogen-bond donors (Lipinski definition) is 0. The first-order chi connectivity index (χ1) is 11.1. The van der Waals surface area contributed by atoms with Crippen LogP contribution in [-0.2, 0) is 4.79 Å². The summed E-state index contributed by atoms with van der Waals surface area (Å²) in [6.45, 7) is 3.99. The highest BCUT2D eigenvalue weighted by atomic mass is 32.2. The van der Waals surface area contributed by atoms with E-state index in [4.69, 9.17) is 0 Å². The van der Waals surface area contributed by atoms with Crippen molar-refractivity contribution in [3.05, 3.63) is 65.3 Å². The van der Waals surface area contributed by atoms with Crippen LogP contribution in [0.3, 0.4) is 0 Å². The van der Waals surface area contributed by atoms with Gasteiger partial charge in [0.15, 0.2) is 5.17 Å². The largest absolute Gasteiger partial charge is 0.284 e. The molecule has 5 heteroatoms. The number of carbonyl (C=O) groups excluding carboxylic acids is 1. The highest BCUT2D eigenvalue weighted by molar-refractivity contribution is 8.18. The Balaban J connectivity index is 1.96. The van der Waals surface area contributed by atoms with Crippen LogP contribution in [0.25, 0.3) is 6.08 Å². The van der Waals surface area contributed by atoms with Gasteiger partial charge in [-0.3, -0.25) is 14.7 Å². The minimum atomic E-state index is -0.00325. The summed E-state index contributed by atoms with van der Waals surface area (Å²) in [5.74, 6) is -0.00325. The molecule has 0 N–H and O–H groups in total. The lowest BCUT2D eigenvalue weighted by Gasteiger charge is -2.19. The van der Waals surface area contributed by atoms with E-state index in [0.29, 0.717) is 4.91 Å². The average molecular weight is 323 g/mol. The Morgan fingerprint density at radius 3 is 2.48 bits per heavy atom. The highest BCUT2D eigenvalue weighted by Gasteiger charge is 2.35. The van der Waals surface area contributed by atoms with E-state index in [1.165, 1.54) is 11.8 Å². The third kappa shape index (κ3) is 3.51. The van der Waals surface area contributed by atoms with Gasteiger partial charge < -0.3 is 0 Å². The van der Waals surface area contributed by atoms with Crippen LogP contribution in [0.2, 0.25) is 0 Å². The molecule has 1 aromatic heterocycles. The van der Waals surface area contributed by atoms with Crippen LogP contribution in [0, 0.1) is 0 Å². The summed E-state index contributed by atoms with van der Waals surface area (Å²) in [4.78, 5) is 23.7. The molecule has 0 atom stereocenters. The fourth-order valence-corrected chi connectivity index (χ4v) is 3.36. The molecule has 4 nitrogen and oxygen atoms in total. The predicted octanol–water partition coefficient (Wildman–Crippen LogP) is 4.09. The molecule has 3 rings (SSSR count). The number of amidine groups is 1. The van der Waals surface area contributed by atoms with Crippen LogP contribution >= 0.6 is 11.8 Å². The summed E-state index contributed by atoms with van der Waals surface area (Å²) < 4.78 is 0. The second-order valence-electron chi connectivity index (χ2n) is 5.39. The van der Waals surface area contributed by atoms with E-state index in [1.54, 1.807) is 17.3 Å². The summed E-state index contributed by atoms with van der Waals surface area (Å²) in [6.07, 6.45) is 5.32. The standard InChI is InChI=1S/C18H17N3OS/c1-13(2)21-17(22)16(12-14-8-10-19-11-9-14)23-18(21)20-15-6-4-3-5-7-15/h3-13H,1-2H3. The normalized spacial score (nSPS) is 18.4. The molecule has 1 aliphatic rings. The van der Waals surface area contributed by atoms with Crippen LogP contribution in [0.4, 0.5) is 5.69 Å². The lowest BCUT2D eigenvalue weighted by molar-refractivity contribution is -0.123. The minimum Gasteiger partial charge on any atom is -0.284 e. The van der Waals surface area contributed by atoms with Gasteiger partial charge in [-0.1, -0.05) is 18.2 Å². The zero-order chi connectivity index (χ0) is 16.2. The number of para-hydroxylation sites is 1. The molecule has 23 heavy (non-hydrogen) atoms. The molecule has 0 saturated carbocycles. The van der Waals surface area contributed by atoms with Crippen molar-refractivity contribution in [3.63, 3.8) is 0 Å². The van der Waals surface area contributed by atoms with Crippen LogP contribution < -0.4 is 0 Å². The van der Waals surface area contributed by atoms with Gasteiger partial charge in [0.2, 0.25) is 0 Å². The number of aliphatic imine (C=N–C) groups is 1. The number of hydrogen-bond acceptors (Lipinski definition) is 4. The predicted molar refractivity (Wildman–Crippen MR) is 95.3 cm³/mol. The molecule has 2 aromatic rings. The Bertz CT molecular complexity index is 754. The molecule has 1 amide bonds. The van der Waals surface area contributed by atoms with Crippen molar-refractivity contribution in [2.24, 2.45) is 4.99 Å². The van der Waals surface area contributed by atoms with E-state index in [-0.39, 0.29) is 11.9 Å². The van der Waals surface area contributed by atoms with Crippen LogP contribution in [-0.4, -0.2) is 27.0 Å². The van der Waals surface area contributed by atoms with Crippen LogP contribution in [0.15, 0.2) is 64.8 Å². The Morgan fingerprint density at radius 2 is 1.83 bits per heavy atom. The quantitative estimate of drug-likeness (QED) is 0.799. The third-order valence-corrected chi connectivity index (χ3v) is 4.32. The Kier molecular flexibility index (Phi) is 4.57. The van der Waals surface area contributed by atoms with Crippen molar-refractivity contribution in [3.8, 4) is 0 Å². The van der Waals surface area contributed by atoms with Gasteiger partial charge in [-0.05, 0) is 61.5 Å². The fourth-order valence-electron chi connectivity index (χ4n) is 2.24. The van der Waals surface area contributed by atoms with Gasteiger partial charge in [0.05, 0.1) is 10.6 Å². The fraction of sp³-hybridized carbons (Fsp3) is 0.167. The minimum absolute atomic E-state index is 0.00325. The average Bonchev–Trinajstić information content (AvgIpc) is 2.85. The molecule has 0 spiro atoms. The molecule has 0 aliphatic carbocycles. The molecule has 1 fully saturated rings. The number of benzene rings is 1. The molecular formula is C18H17N3OS. The van der Waals surface area contributed by atoms with E-state index in [1.807, 2.05) is 62.4 Å². The number of nitrogens with zero attached hydrogens (tertiary/aromatic N) is 3. The maximum Gasteiger partial charge on any atom is 0.266 e. The second-order valence-corrected chi connectivity index (χ2v) is 6.40. The molecule has 2 heterocycles. The first kappa shape index (κ1) is 15.5.